The topological polar surface area (TPSA) is 108 Å². The third-order valence-electron chi connectivity index (χ3n) is 4.93. The number of hydrogen-bond acceptors (Lipinski definition) is 4. The van der Waals surface area contributed by atoms with Crippen molar-refractivity contribution in [2.24, 2.45) is 5.73 Å². The standard InChI is InChI=1S/C19H14F3N5O/c20-19(21,22)16-15-13(1-4-25-17(15)27-26-16)11-5-10(7-14(24)28)6-12(8-11)18(9-23)2-3-18/h1,4-6,8H,2-3,7H2,(H2,24,28)(H,25,26,27). The zero-order chi connectivity index (χ0) is 20.1. The fraction of sp³-hybridized carbons (Fsp3) is 0.263. The smallest absolute Gasteiger partial charge is 0.369 e. The Morgan fingerprint density at radius 3 is 2.68 bits per heavy atom. The summed E-state index contributed by atoms with van der Waals surface area (Å²) < 4.78 is 40.3. The molecule has 142 valence electrons. The van der Waals surface area contributed by atoms with Crippen molar-refractivity contribution in [2.75, 3.05) is 0 Å². The van der Waals surface area contributed by atoms with Crippen LogP contribution in [0.2, 0.25) is 0 Å². The molecule has 1 aromatic carbocycles. The molecule has 0 saturated heterocycles. The molecule has 0 radical (unpaired) electrons. The number of fused-ring (bicyclic) bond motifs is 1. The molecule has 0 aliphatic heterocycles. The first-order valence-electron chi connectivity index (χ1n) is 8.48. The van der Waals surface area contributed by atoms with Gasteiger partial charge in [0.25, 0.3) is 0 Å². The highest BCUT2D eigenvalue weighted by atomic mass is 19.4. The molecule has 1 aliphatic rings. The van der Waals surface area contributed by atoms with Crippen LogP contribution in [0.4, 0.5) is 13.2 Å². The third kappa shape index (κ3) is 2.97. The lowest BCUT2D eigenvalue weighted by atomic mass is 9.90. The molecule has 4 rings (SSSR count). The number of benzene rings is 1. The molecule has 0 atom stereocenters. The highest BCUT2D eigenvalue weighted by molar-refractivity contribution is 5.95. The second kappa shape index (κ2) is 6.05. The van der Waals surface area contributed by atoms with Crippen LogP contribution < -0.4 is 5.73 Å². The summed E-state index contributed by atoms with van der Waals surface area (Å²) in [5.74, 6) is -0.566. The largest absolute Gasteiger partial charge is 0.435 e. The van der Waals surface area contributed by atoms with Crippen molar-refractivity contribution in [1.29, 1.82) is 5.26 Å². The Labute approximate surface area is 157 Å². The molecular weight excluding hydrogens is 371 g/mol. The summed E-state index contributed by atoms with van der Waals surface area (Å²) >= 11 is 0. The summed E-state index contributed by atoms with van der Waals surface area (Å²) in [7, 11) is 0. The van der Waals surface area contributed by atoms with E-state index in [0.717, 1.165) is 0 Å². The van der Waals surface area contributed by atoms with Crippen LogP contribution in [-0.4, -0.2) is 21.1 Å². The van der Waals surface area contributed by atoms with Gasteiger partial charge < -0.3 is 5.73 Å². The molecule has 2 heterocycles. The number of nitriles is 1. The molecule has 1 saturated carbocycles. The normalized spacial score (nSPS) is 15.4. The van der Waals surface area contributed by atoms with Gasteiger partial charge in [-0.1, -0.05) is 12.1 Å². The lowest BCUT2D eigenvalue weighted by Crippen LogP contribution is -2.14. The highest BCUT2D eigenvalue weighted by Crippen LogP contribution is 2.49. The van der Waals surface area contributed by atoms with Crippen LogP contribution in [-0.2, 0) is 22.8 Å². The van der Waals surface area contributed by atoms with Crippen LogP contribution in [0.25, 0.3) is 22.2 Å². The van der Waals surface area contributed by atoms with E-state index in [9.17, 15) is 23.2 Å². The molecule has 2 aromatic heterocycles. The maximum atomic E-state index is 13.4. The predicted octanol–water partition coefficient (Wildman–Crippen LogP) is 3.23. The second-order valence-electron chi connectivity index (χ2n) is 6.91. The zero-order valence-corrected chi connectivity index (χ0v) is 14.5. The first kappa shape index (κ1) is 18.0. The molecule has 6 nitrogen and oxygen atoms in total. The number of H-pyrrole nitrogens is 1. The maximum Gasteiger partial charge on any atom is 0.435 e. The monoisotopic (exact) mass is 385 g/mol. The summed E-state index contributed by atoms with van der Waals surface area (Å²) in [5, 5.41) is 15.1. The number of alkyl halides is 3. The van der Waals surface area contributed by atoms with E-state index < -0.39 is 23.2 Å². The first-order chi connectivity index (χ1) is 13.2. The quantitative estimate of drug-likeness (QED) is 0.719. The van der Waals surface area contributed by atoms with Gasteiger partial charge in [0.15, 0.2) is 11.3 Å². The Bertz CT molecular complexity index is 1140. The predicted molar refractivity (Wildman–Crippen MR) is 93.8 cm³/mol. The lowest BCUT2D eigenvalue weighted by molar-refractivity contribution is -0.139. The van der Waals surface area contributed by atoms with E-state index in [2.05, 4.69) is 21.3 Å². The number of aromatic nitrogens is 3. The van der Waals surface area contributed by atoms with Gasteiger partial charge in [0, 0.05) is 6.20 Å². The molecule has 0 unspecified atom stereocenters. The fourth-order valence-electron chi connectivity index (χ4n) is 3.41. The number of nitrogens with zero attached hydrogens (tertiary/aromatic N) is 3. The van der Waals surface area contributed by atoms with Gasteiger partial charge in [-0.3, -0.25) is 9.89 Å². The van der Waals surface area contributed by atoms with Crippen molar-refractivity contribution in [1.82, 2.24) is 15.2 Å². The van der Waals surface area contributed by atoms with E-state index in [1.54, 1.807) is 18.2 Å². The van der Waals surface area contributed by atoms with Crippen molar-refractivity contribution in [3.63, 3.8) is 0 Å². The van der Waals surface area contributed by atoms with Gasteiger partial charge in [0.1, 0.15) is 0 Å². The van der Waals surface area contributed by atoms with Gasteiger partial charge in [0.2, 0.25) is 5.91 Å². The summed E-state index contributed by atoms with van der Waals surface area (Å²) in [6.07, 6.45) is -2.03. The van der Waals surface area contributed by atoms with Crippen molar-refractivity contribution in [3.8, 4) is 17.2 Å². The highest BCUT2D eigenvalue weighted by Gasteiger charge is 2.45. The van der Waals surface area contributed by atoms with Crippen molar-refractivity contribution in [2.45, 2.75) is 30.9 Å². The first-order valence-corrected chi connectivity index (χ1v) is 8.48. The van der Waals surface area contributed by atoms with Crippen LogP contribution in [0.5, 0.6) is 0 Å². The van der Waals surface area contributed by atoms with Gasteiger partial charge in [-0.15, -0.1) is 0 Å². The van der Waals surface area contributed by atoms with Crippen molar-refractivity contribution < 1.29 is 18.0 Å². The number of nitrogens with two attached hydrogens (primary N) is 1. The average Bonchev–Trinajstić information content (AvgIpc) is 3.30. The minimum absolute atomic E-state index is 0.00750. The minimum atomic E-state index is -4.66. The molecule has 1 amide bonds. The van der Waals surface area contributed by atoms with Crippen LogP contribution in [0.3, 0.4) is 0 Å². The number of primary amides is 1. The Balaban J connectivity index is 1.97. The van der Waals surface area contributed by atoms with Crippen molar-refractivity contribution >= 4 is 16.9 Å². The van der Waals surface area contributed by atoms with Gasteiger partial charge in [-0.2, -0.15) is 23.5 Å². The molecule has 0 spiro atoms. The number of carbonyl (C=O) groups is 1. The third-order valence-corrected chi connectivity index (χ3v) is 4.93. The van der Waals surface area contributed by atoms with Gasteiger partial charge in [-0.25, -0.2) is 4.98 Å². The van der Waals surface area contributed by atoms with Crippen LogP contribution in [0.15, 0.2) is 30.5 Å². The number of amides is 1. The average molecular weight is 385 g/mol. The number of rotatable bonds is 4. The number of hydrogen-bond donors (Lipinski definition) is 2. The number of aromatic amines is 1. The molecular formula is C19H14F3N5O. The van der Waals surface area contributed by atoms with E-state index in [0.29, 0.717) is 29.5 Å². The zero-order valence-electron chi connectivity index (χ0n) is 14.5. The molecule has 3 aromatic rings. The fourth-order valence-corrected chi connectivity index (χ4v) is 3.41. The van der Waals surface area contributed by atoms with Gasteiger partial charge in [0.05, 0.1) is 23.3 Å². The summed E-state index contributed by atoms with van der Waals surface area (Å²) in [6.45, 7) is 0. The Morgan fingerprint density at radius 1 is 1.32 bits per heavy atom. The van der Waals surface area contributed by atoms with Crippen molar-refractivity contribution in [3.05, 3.63) is 47.3 Å². The Hall–Kier alpha value is -3.41. The van der Waals surface area contributed by atoms with E-state index in [1.165, 1.54) is 12.3 Å². The second-order valence-corrected chi connectivity index (χ2v) is 6.91. The summed E-state index contributed by atoms with van der Waals surface area (Å²) in [4.78, 5) is 15.3. The van der Waals surface area contributed by atoms with Crippen LogP contribution in [0.1, 0.15) is 29.7 Å². The SMILES string of the molecule is N#CC1(c2cc(CC(N)=O)cc(-c3ccnc4[nH]nc(C(F)(F)F)c34)c2)CC1. The van der Waals surface area contributed by atoms with Crippen LogP contribution in [0, 0.1) is 11.3 Å². The molecule has 9 heteroatoms. The molecule has 3 N–H and O–H groups in total. The minimum Gasteiger partial charge on any atom is -0.369 e. The number of nitrogens with one attached hydrogen (secondary N) is 1. The Kier molecular flexibility index (Phi) is 3.89. The van der Waals surface area contributed by atoms with E-state index in [1.807, 2.05) is 0 Å². The number of pyridine rings is 1. The van der Waals surface area contributed by atoms with E-state index in [-0.39, 0.29) is 23.0 Å². The lowest BCUT2D eigenvalue weighted by Gasteiger charge is -2.14. The maximum absolute atomic E-state index is 13.4. The number of carbonyl (C=O) groups excluding carboxylic acids is 1. The molecule has 1 aliphatic carbocycles. The molecule has 0 bridgehead atoms. The summed E-state index contributed by atoms with van der Waals surface area (Å²) in [6, 6.07) is 8.77. The van der Waals surface area contributed by atoms with Gasteiger partial charge in [-0.05, 0) is 47.2 Å². The summed E-state index contributed by atoms with van der Waals surface area (Å²) in [5.41, 5.74) is 5.52. The number of halogens is 3. The van der Waals surface area contributed by atoms with E-state index >= 15 is 0 Å². The Morgan fingerprint density at radius 2 is 2.07 bits per heavy atom. The molecule has 28 heavy (non-hydrogen) atoms. The van der Waals surface area contributed by atoms with E-state index in [4.69, 9.17) is 5.73 Å². The van der Waals surface area contributed by atoms with Gasteiger partial charge >= 0.3 is 6.18 Å². The van der Waals surface area contributed by atoms with Crippen LogP contribution >= 0.6 is 0 Å². The molecule has 1 fully saturated rings.